The second-order valence-corrected chi connectivity index (χ2v) is 18.5. The highest BCUT2D eigenvalue weighted by Gasteiger charge is 2.28. The molecule has 4 aromatic carbocycles. The average molecular weight is 1010 g/mol. The van der Waals surface area contributed by atoms with E-state index in [1.807, 2.05) is 0 Å². The number of anilines is 5. The van der Waals surface area contributed by atoms with Crippen molar-refractivity contribution in [2.24, 2.45) is 20.5 Å². The number of fused-ring (bicyclic) bond motifs is 1. The van der Waals surface area contributed by atoms with E-state index in [9.17, 15) is 57.0 Å². The summed E-state index contributed by atoms with van der Waals surface area (Å²) in [5.41, 5.74) is 1.98. The van der Waals surface area contributed by atoms with E-state index in [4.69, 9.17) is 52.1 Å². The van der Waals surface area contributed by atoms with Crippen molar-refractivity contribution in [3.8, 4) is 5.75 Å². The van der Waals surface area contributed by atoms with Crippen LogP contribution in [-0.2, 0) is 40.5 Å². The molecule has 62 heavy (non-hydrogen) atoms. The van der Waals surface area contributed by atoms with Gasteiger partial charge in [0.1, 0.15) is 31.0 Å². The van der Waals surface area contributed by atoms with E-state index in [1.54, 1.807) is 0 Å². The second kappa shape index (κ2) is 16.9. The molecule has 0 amide bonds. The Morgan fingerprint density at radius 2 is 0.855 bits per heavy atom. The number of nitrogen functional groups attached to an aromatic ring is 1. The van der Waals surface area contributed by atoms with E-state index < -0.39 is 138 Å². The molecule has 9 N–H and O–H groups in total. The first kappa shape index (κ1) is 45.9. The van der Waals surface area contributed by atoms with Gasteiger partial charge in [-0.05, 0) is 100 Å². The summed E-state index contributed by atoms with van der Waals surface area (Å²) in [7, 11) is -20.6. The first-order chi connectivity index (χ1) is 28.7. The molecule has 0 spiro atoms. The zero-order chi connectivity index (χ0) is 45.7. The van der Waals surface area contributed by atoms with Gasteiger partial charge in [0.15, 0.2) is 5.75 Å². The van der Waals surface area contributed by atoms with Gasteiger partial charge in [0.2, 0.25) is 33.0 Å². The van der Waals surface area contributed by atoms with E-state index >= 15 is 0 Å². The van der Waals surface area contributed by atoms with Crippen molar-refractivity contribution >= 4 is 149 Å². The summed E-state index contributed by atoms with van der Waals surface area (Å²) >= 11 is 23.1. The third kappa shape index (κ3) is 10.3. The standard InChI is InChI=1S/C28H17Cl4N13O13S4/c29-23-36-24(30)39-27(38-23)34-12-7-10(1-3-14(12)59(47,48)49)42-44-20-16(61(53,54)55)5-9-6-17(62(56,57)58)21(22(46)18(9)19(20)33)45-43-11-2-4-15(60(50,51)52)13(8-11)35-28-40-25(31)37-26(32)41-28/h1-8,46H,33H2,(H,47,48,49)(H,50,51,52)(H,53,54,55)(H,56,57,58)(H,34,36,38,39)(H,35,37,40,41). The molecule has 2 heterocycles. The third-order valence-corrected chi connectivity index (χ3v) is 11.8. The quantitative estimate of drug-likeness (QED) is 0.0372. The number of hydrogen-bond acceptors (Lipinski definition) is 22. The zero-order valence-corrected chi connectivity index (χ0v) is 35.6. The Morgan fingerprint density at radius 3 is 1.23 bits per heavy atom. The van der Waals surface area contributed by atoms with Gasteiger partial charge in [0.05, 0.1) is 33.8 Å². The number of aromatic nitrogens is 6. The Bertz CT molecular complexity index is 3150. The Labute approximate surface area is 366 Å². The van der Waals surface area contributed by atoms with Crippen molar-refractivity contribution in [3.05, 3.63) is 69.7 Å². The molecule has 0 aliphatic rings. The highest BCUT2D eigenvalue weighted by molar-refractivity contribution is 7.86. The summed E-state index contributed by atoms with van der Waals surface area (Å²) in [6.07, 6.45) is 0. The number of nitrogens with one attached hydrogen (secondary N) is 2. The number of benzene rings is 4. The van der Waals surface area contributed by atoms with Crippen LogP contribution in [0.15, 0.2) is 88.6 Å². The molecule has 0 aliphatic heterocycles. The number of aromatic hydroxyl groups is 1. The summed E-state index contributed by atoms with van der Waals surface area (Å²) in [4.78, 5) is 18.1. The maximum atomic E-state index is 12.6. The molecule has 0 saturated heterocycles. The summed E-state index contributed by atoms with van der Waals surface area (Å²) in [6, 6.07) is 6.64. The summed E-state index contributed by atoms with van der Waals surface area (Å²) in [5, 5.41) is 28.6. The Morgan fingerprint density at radius 1 is 0.500 bits per heavy atom. The molecule has 6 aromatic rings. The van der Waals surface area contributed by atoms with Crippen molar-refractivity contribution in [1.82, 2.24) is 29.9 Å². The Balaban J connectivity index is 1.50. The smallest absolute Gasteiger partial charge is 0.296 e. The van der Waals surface area contributed by atoms with Gasteiger partial charge in [-0.25, -0.2) is 0 Å². The number of halogens is 4. The van der Waals surface area contributed by atoms with Crippen LogP contribution >= 0.6 is 46.4 Å². The SMILES string of the molecule is Nc1c(N=Nc2ccc(S(=O)(=O)O)c(Nc3nc(Cl)nc(Cl)n3)c2)c(S(=O)(=O)O)cc2cc(S(=O)(=O)O)c(N=Nc3ccc(S(=O)(=O)O)c(Nc4nc(Cl)nc(Cl)n4)c3)c(O)c12. The Kier molecular flexibility index (Phi) is 12.5. The van der Waals surface area contributed by atoms with Gasteiger partial charge in [-0.15, -0.1) is 10.2 Å². The van der Waals surface area contributed by atoms with Crippen molar-refractivity contribution in [1.29, 1.82) is 0 Å². The average Bonchev–Trinajstić information content (AvgIpc) is 3.11. The van der Waals surface area contributed by atoms with Crippen LogP contribution in [0.4, 0.5) is 51.7 Å². The molecule has 0 radical (unpaired) electrons. The van der Waals surface area contributed by atoms with Crippen LogP contribution in [0.25, 0.3) is 10.8 Å². The number of azo groups is 2. The predicted molar refractivity (Wildman–Crippen MR) is 217 cm³/mol. The molecule has 0 atom stereocenters. The second-order valence-electron chi connectivity index (χ2n) is 11.6. The molecule has 6 rings (SSSR count). The molecule has 0 unspecified atom stereocenters. The van der Waals surface area contributed by atoms with Crippen molar-refractivity contribution in [3.63, 3.8) is 0 Å². The van der Waals surface area contributed by atoms with Crippen LogP contribution in [-0.4, -0.2) is 86.9 Å². The predicted octanol–water partition coefficient (Wildman–Crippen LogP) is 6.42. The number of hydrogen-bond donors (Lipinski definition) is 8. The number of phenols is 1. The lowest BCUT2D eigenvalue weighted by molar-refractivity contribution is 0.472. The minimum absolute atomic E-state index is 0.303. The molecule has 0 aliphatic carbocycles. The zero-order valence-electron chi connectivity index (χ0n) is 29.3. The summed E-state index contributed by atoms with van der Waals surface area (Å²) in [5.74, 6) is -2.00. The first-order valence-corrected chi connectivity index (χ1v) is 22.8. The monoisotopic (exact) mass is 1010 g/mol. The van der Waals surface area contributed by atoms with Gasteiger partial charge in [-0.2, -0.15) is 73.8 Å². The lowest BCUT2D eigenvalue weighted by Gasteiger charge is -2.14. The molecule has 324 valence electrons. The fourth-order valence-electron chi connectivity index (χ4n) is 5.13. The van der Waals surface area contributed by atoms with Gasteiger partial charge in [0.25, 0.3) is 40.5 Å². The number of nitrogens with two attached hydrogens (primary N) is 1. The first-order valence-electron chi connectivity index (χ1n) is 15.5. The third-order valence-electron chi connectivity index (χ3n) is 7.54. The van der Waals surface area contributed by atoms with Gasteiger partial charge in [-0.3, -0.25) is 18.2 Å². The van der Waals surface area contributed by atoms with E-state index in [-0.39, 0.29) is 11.4 Å². The fourth-order valence-corrected chi connectivity index (χ4v) is 8.44. The summed E-state index contributed by atoms with van der Waals surface area (Å²) < 4.78 is 139. The Hall–Kier alpha value is -5.64. The van der Waals surface area contributed by atoms with E-state index in [0.717, 1.165) is 36.4 Å². The highest BCUT2D eigenvalue weighted by Crippen LogP contribution is 2.48. The lowest BCUT2D eigenvalue weighted by atomic mass is 10.1. The largest absolute Gasteiger partial charge is 0.505 e. The van der Waals surface area contributed by atoms with E-state index in [1.165, 1.54) is 0 Å². The minimum atomic E-state index is -5.37. The van der Waals surface area contributed by atoms with Gasteiger partial charge in [-0.1, -0.05) is 0 Å². The molecular weight excluding hydrogens is 996 g/mol. The van der Waals surface area contributed by atoms with Crippen LogP contribution < -0.4 is 16.4 Å². The maximum Gasteiger partial charge on any atom is 0.296 e. The molecule has 0 saturated carbocycles. The highest BCUT2D eigenvalue weighted by atomic mass is 35.5. The van der Waals surface area contributed by atoms with Crippen LogP contribution in [0.5, 0.6) is 5.75 Å². The number of nitrogens with zero attached hydrogens (tertiary/aromatic N) is 10. The van der Waals surface area contributed by atoms with Crippen molar-refractivity contribution in [2.75, 3.05) is 16.4 Å². The molecule has 0 bridgehead atoms. The van der Waals surface area contributed by atoms with E-state index in [2.05, 4.69) is 61.0 Å². The van der Waals surface area contributed by atoms with Crippen LogP contribution in [0.3, 0.4) is 0 Å². The molecule has 2 aromatic heterocycles. The van der Waals surface area contributed by atoms with E-state index in [0.29, 0.717) is 12.1 Å². The van der Waals surface area contributed by atoms with Crippen molar-refractivity contribution in [2.45, 2.75) is 19.6 Å². The van der Waals surface area contributed by atoms with Crippen molar-refractivity contribution < 1.29 is 57.0 Å². The number of rotatable bonds is 12. The normalized spacial score (nSPS) is 12.7. The molecule has 26 nitrogen and oxygen atoms in total. The van der Waals surface area contributed by atoms with Gasteiger partial charge < -0.3 is 21.5 Å². The van der Waals surface area contributed by atoms with Gasteiger partial charge in [0, 0.05) is 0 Å². The summed E-state index contributed by atoms with van der Waals surface area (Å²) in [6.45, 7) is 0. The molecule has 34 heteroatoms. The van der Waals surface area contributed by atoms with Crippen LogP contribution in [0.2, 0.25) is 21.1 Å². The van der Waals surface area contributed by atoms with Gasteiger partial charge >= 0.3 is 0 Å². The van der Waals surface area contributed by atoms with Crippen LogP contribution in [0.1, 0.15) is 0 Å². The topological polar surface area (TPSA) is 415 Å². The molecule has 0 fully saturated rings. The fraction of sp³-hybridized carbons (Fsp3) is 0. The lowest BCUT2D eigenvalue weighted by Crippen LogP contribution is -2.06. The maximum absolute atomic E-state index is 12.6. The van der Waals surface area contributed by atoms with Crippen LogP contribution in [0, 0.1) is 0 Å². The minimum Gasteiger partial charge on any atom is -0.505 e. The number of phenolic OH excluding ortho intramolecular Hbond substituents is 1. The molecular formula is C28H17Cl4N13O13S4.